The summed E-state index contributed by atoms with van der Waals surface area (Å²) in [6.07, 6.45) is -0.894. The van der Waals surface area contributed by atoms with Crippen molar-refractivity contribution >= 4 is 26.2 Å². The van der Waals surface area contributed by atoms with E-state index < -0.39 is 26.4 Å². The molecule has 0 radical (unpaired) electrons. The van der Waals surface area contributed by atoms with E-state index in [1.807, 2.05) is 37.3 Å². The smallest absolute Gasteiger partial charge is 0.417 e. The first-order chi connectivity index (χ1) is 13.9. The molecule has 30 heavy (non-hydrogen) atoms. The number of carbonyl (C=O) groups excluding carboxylic acids is 3. The molecule has 0 bridgehead atoms. The molecule has 8 heteroatoms. The van der Waals surface area contributed by atoms with E-state index in [1.54, 1.807) is 0 Å². The summed E-state index contributed by atoms with van der Waals surface area (Å²) >= 11 is 0. The van der Waals surface area contributed by atoms with Crippen molar-refractivity contribution in [2.45, 2.75) is 70.4 Å². The molecule has 0 spiro atoms. The van der Waals surface area contributed by atoms with Gasteiger partial charge in [-0.1, -0.05) is 51.1 Å². The van der Waals surface area contributed by atoms with Crippen LogP contribution in [0.25, 0.3) is 0 Å². The summed E-state index contributed by atoms with van der Waals surface area (Å²) in [6, 6.07) is 8.55. The predicted octanol–water partition coefficient (Wildman–Crippen LogP) is 3.62. The molecule has 4 atom stereocenters. The Hall–Kier alpha value is -2.19. The van der Waals surface area contributed by atoms with Gasteiger partial charge in [0.1, 0.15) is 12.6 Å². The fourth-order valence-electron chi connectivity index (χ4n) is 3.79. The third-order valence-electron chi connectivity index (χ3n) is 6.58. The van der Waals surface area contributed by atoms with Crippen LogP contribution in [-0.2, 0) is 18.8 Å². The van der Waals surface area contributed by atoms with Gasteiger partial charge >= 0.3 is 6.09 Å². The lowest BCUT2D eigenvalue weighted by atomic mass is 9.84. The minimum absolute atomic E-state index is 0.0228. The molecule has 7 nitrogen and oxygen atoms in total. The number of carbonyl (C=O) groups is 3. The zero-order valence-electron chi connectivity index (χ0n) is 18.6. The number of ether oxygens (including phenoxy) is 1. The molecule has 0 saturated carbocycles. The number of cyclic esters (lactones) is 1. The molecule has 1 N–H and O–H groups in total. The van der Waals surface area contributed by atoms with Crippen molar-refractivity contribution in [2.24, 2.45) is 5.92 Å². The van der Waals surface area contributed by atoms with Crippen LogP contribution < -0.4 is 5.32 Å². The van der Waals surface area contributed by atoms with Gasteiger partial charge in [-0.25, -0.2) is 9.69 Å². The summed E-state index contributed by atoms with van der Waals surface area (Å²) in [5, 5.41) is 2.84. The zero-order valence-corrected chi connectivity index (χ0v) is 19.6. The van der Waals surface area contributed by atoms with E-state index in [0.717, 1.165) is 5.56 Å². The molecular weight excluding hydrogens is 400 g/mol. The molecule has 0 aromatic heterocycles. The number of amides is 3. The predicted molar refractivity (Wildman–Crippen MR) is 115 cm³/mol. The standard InChI is InChI=1S/C22H32N2O5Si/c1-14(29-30(5,6)22(2,3)4)19-16(23-20(19)26)12-18(25)24-17(13-28-21(24)27)15-10-8-7-9-11-15/h7-11,14,16-17,19H,12-13H2,1-6H3,(H,23,26)/t14-,16-,17-,19?/m1/s1. The molecule has 164 valence electrons. The fourth-order valence-corrected chi connectivity index (χ4v) is 5.22. The zero-order chi connectivity index (χ0) is 22.3. The van der Waals surface area contributed by atoms with Crippen LogP contribution in [0.4, 0.5) is 4.79 Å². The molecule has 2 aliphatic rings. The molecule has 0 aliphatic carbocycles. The van der Waals surface area contributed by atoms with Gasteiger partial charge in [-0.15, -0.1) is 0 Å². The molecule has 2 heterocycles. The summed E-state index contributed by atoms with van der Waals surface area (Å²) in [7, 11) is -2.05. The van der Waals surface area contributed by atoms with E-state index in [0.29, 0.717) is 0 Å². The van der Waals surface area contributed by atoms with Gasteiger partial charge in [-0.05, 0) is 30.6 Å². The van der Waals surface area contributed by atoms with Gasteiger partial charge in [0.25, 0.3) is 0 Å². The average Bonchev–Trinajstić information content (AvgIpc) is 3.01. The summed E-state index contributed by atoms with van der Waals surface area (Å²) in [6.45, 7) is 12.8. The van der Waals surface area contributed by atoms with Crippen molar-refractivity contribution in [3.63, 3.8) is 0 Å². The molecule has 2 fully saturated rings. The molecule has 2 saturated heterocycles. The van der Waals surface area contributed by atoms with Crippen molar-refractivity contribution in [1.82, 2.24) is 10.2 Å². The van der Waals surface area contributed by atoms with Crippen LogP contribution in [0.1, 0.15) is 45.7 Å². The molecule has 1 unspecified atom stereocenters. The van der Waals surface area contributed by atoms with Gasteiger partial charge in [-0.3, -0.25) is 9.59 Å². The van der Waals surface area contributed by atoms with Crippen LogP contribution in [0.15, 0.2) is 30.3 Å². The van der Waals surface area contributed by atoms with Crippen LogP contribution in [0.2, 0.25) is 18.1 Å². The number of nitrogens with zero attached hydrogens (tertiary/aromatic N) is 1. The lowest BCUT2D eigenvalue weighted by molar-refractivity contribution is -0.143. The summed E-state index contributed by atoms with van der Waals surface area (Å²) in [5.41, 5.74) is 0.848. The minimum atomic E-state index is -2.05. The highest BCUT2D eigenvalue weighted by Crippen LogP contribution is 2.39. The Bertz CT molecular complexity index is 821. The second-order valence-corrected chi connectivity index (χ2v) is 14.5. The molecule has 1 aromatic carbocycles. The monoisotopic (exact) mass is 432 g/mol. The third-order valence-corrected chi connectivity index (χ3v) is 11.2. The Morgan fingerprint density at radius 1 is 1.27 bits per heavy atom. The number of β-lactam (4-membered cyclic amide) rings is 1. The Balaban J connectivity index is 1.68. The lowest BCUT2D eigenvalue weighted by Crippen LogP contribution is -2.64. The largest absolute Gasteiger partial charge is 0.446 e. The number of benzene rings is 1. The van der Waals surface area contributed by atoms with Gasteiger partial charge in [0.15, 0.2) is 8.32 Å². The fraction of sp³-hybridized carbons (Fsp3) is 0.591. The first-order valence-corrected chi connectivity index (χ1v) is 13.3. The van der Waals surface area contributed by atoms with Gasteiger partial charge in [0, 0.05) is 6.42 Å². The first-order valence-electron chi connectivity index (χ1n) is 10.4. The van der Waals surface area contributed by atoms with Crippen molar-refractivity contribution < 1.29 is 23.5 Å². The molecular formula is C22H32N2O5Si. The maximum atomic E-state index is 13.0. The second-order valence-electron chi connectivity index (χ2n) is 9.70. The molecule has 3 rings (SSSR count). The third kappa shape index (κ3) is 4.30. The van der Waals surface area contributed by atoms with Crippen LogP contribution in [0.3, 0.4) is 0 Å². The first kappa shape index (κ1) is 22.5. The van der Waals surface area contributed by atoms with Crippen LogP contribution in [0, 0.1) is 5.92 Å². The second kappa shape index (κ2) is 8.15. The van der Waals surface area contributed by atoms with Crippen molar-refractivity contribution in [1.29, 1.82) is 0 Å². The average molecular weight is 433 g/mol. The topological polar surface area (TPSA) is 84.9 Å². The number of hydrogen-bond acceptors (Lipinski definition) is 5. The highest BCUT2D eigenvalue weighted by atomic mass is 28.4. The van der Waals surface area contributed by atoms with Crippen molar-refractivity contribution in [2.75, 3.05) is 6.61 Å². The summed E-state index contributed by atoms with van der Waals surface area (Å²) in [5.74, 6) is -0.861. The number of nitrogens with one attached hydrogen (secondary N) is 1. The van der Waals surface area contributed by atoms with Gasteiger partial charge in [0.2, 0.25) is 11.8 Å². The Morgan fingerprint density at radius 3 is 2.47 bits per heavy atom. The Kier molecular flexibility index (Phi) is 6.11. The molecule has 1 aromatic rings. The maximum Gasteiger partial charge on any atom is 0.417 e. The number of imide groups is 1. The normalized spacial score (nSPS) is 25.4. The number of rotatable bonds is 6. The Labute approximate surface area is 179 Å². The van der Waals surface area contributed by atoms with Crippen molar-refractivity contribution in [3.05, 3.63) is 35.9 Å². The number of hydrogen-bond donors (Lipinski definition) is 1. The van der Waals surface area contributed by atoms with Gasteiger partial charge in [-0.2, -0.15) is 0 Å². The quantitative estimate of drug-likeness (QED) is 0.548. The highest BCUT2D eigenvalue weighted by Gasteiger charge is 2.49. The molecule has 2 aliphatic heterocycles. The Morgan fingerprint density at radius 2 is 1.90 bits per heavy atom. The lowest BCUT2D eigenvalue weighted by Gasteiger charge is -2.45. The van der Waals surface area contributed by atoms with Gasteiger partial charge < -0.3 is 14.5 Å². The van der Waals surface area contributed by atoms with Crippen LogP contribution in [0.5, 0.6) is 0 Å². The van der Waals surface area contributed by atoms with E-state index in [2.05, 4.69) is 39.2 Å². The van der Waals surface area contributed by atoms with E-state index in [9.17, 15) is 14.4 Å². The summed E-state index contributed by atoms with van der Waals surface area (Å²) < 4.78 is 11.5. The van der Waals surface area contributed by atoms with E-state index in [1.165, 1.54) is 4.90 Å². The highest BCUT2D eigenvalue weighted by molar-refractivity contribution is 6.74. The van der Waals surface area contributed by atoms with Crippen LogP contribution >= 0.6 is 0 Å². The van der Waals surface area contributed by atoms with E-state index >= 15 is 0 Å². The van der Waals surface area contributed by atoms with Crippen molar-refractivity contribution in [3.8, 4) is 0 Å². The minimum Gasteiger partial charge on any atom is -0.446 e. The van der Waals surface area contributed by atoms with Gasteiger partial charge in [0.05, 0.1) is 18.1 Å². The summed E-state index contributed by atoms with van der Waals surface area (Å²) in [4.78, 5) is 38.7. The van der Waals surface area contributed by atoms with E-state index in [-0.39, 0.29) is 42.0 Å². The van der Waals surface area contributed by atoms with Crippen LogP contribution in [-0.4, -0.2) is 49.9 Å². The SMILES string of the molecule is C[C@@H](O[Si](C)(C)C(C)(C)C)C1C(=O)N[C@@H]1CC(=O)N1C(=O)OC[C@@H]1c1ccccc1. The molecule has 3 amide bonds. The maximum absolute atomic E-state index is 13.0. The van der Waals surface area contributed by atoms with E-state index in [4.69, 9.17) is 9.16 Å².